The molecular formula is C12H21NO5S2. The van der Waals surface area contributed by atoms with E-state index in [0.29, 0.717) is 25.8 Å². The van der Waals surface area contributed by atoms with Crippen molar-refractivity contribution in [3.63, 3.8) is 0 Å². The Balaban J connectivity index is 2.10. The maximum absolute atomic E-state index is 12.5. The highest BCUT2D eigenvalue weighted by Crippen LogP contribution is 2.24. The molecule has 2 heterocycles. The smallest absolute Gasteiger partial charge is 0.226 e. The van der Waals surface area contributed by atoms with E-state index in [-0.39, 0.29) is 35.0 Å². The Morgan fingerprint density at radius 3 is 2.20 bits per heavy atom. The van der Waals surface area contributed by atoms with Crippen molar-refractivity contribution in [2.75, 3.05) is 29.6 Å². The highest BCUT2D eigenvalue weighted by Gasteiger charge is 2.38. The van der Waals surface area contributed by atoms with Crippen LogP contribution in [0.25, 0.3) is 0 Å². The minimum atomic E-state index is -3.13. The summed E-state index contributed by atoms with van der Waals surface area (Å²) in [6.07, 6.45) is 1.55. The second-order valence-corrected chi connectivity index (χ2v) is 10.1. The quantitative estimate of drug-likeness (QED) is 0.720. The van der Waals surface area contributed by atoms with Gasteiger partial charge in [0.25, 0.3) is 0 Å². The van der Waals surface area contributed by atoms with Crippen LogP contribution in [0.1, 0.15) is 26.2 Å². The number of hydrogen-bond donors (Lipinski definition) is 0. The Morgan fingerprint density at radius 2 is 1.70 bits per heavy atom. The molecule has 0 aromatic heterocycles. The van der Waals surface area contributed by atoms with Crippen molar-refractivity contribution in [3.8, 4) is 0 Å². The summed E-state index contributed by atoms with van der Waals surface area (Å²) in [6.45, 7) is 2.23. The van der Waals surface area contributed by atoms with Crippen LogP contribution in [0, 0.1) is 5.92 Å². The molecule has 20 heavy (non-hydrogen) atoms. The van der Waals surface area contributed by atoms with Crippen LogP contribution >= 0.6 is 0 Å². The number of sulfone groups is 2. The second-order valence-electron chi connectivity index (χ2n) is 5.63. The van der Waals surface area contributed by atoms with Crippen molar-refractivity contribution in [3.05, 3.63) is 0 Å². The third-order valence-electron chi connectivity index (χ3n) is 4.09. The first-order valence-corrected chi connectivity index (χ1v) is 10.6. The molecular weight excluding hydrogens is 302 g/mol. The van der Waals surface area contributed by atoms with Crippen molar-refractivity contribution in [1.29, 1.82) is 0 Å². The van der Waals surface area contributed by atoms with E-state index in [1.165, 1.54) is 0 Å². The third kappa shape index (κ3) is 3.52. The van der Waals surface area contributed by atoms with E-state index in [1.54, 1.807) is 11.8 Å². The average Bonchev–Trinajstić information content (AvgIpc) is 2.69. The molecule has 2 saturated heterocycles. The fourth-order valence-electron chi connectivity index (χ4n) is 3.07. The zero-order chi connectivity index (χ0) is 15.0. The van der Waals surface area contributed by atoms with Crippen LogP contribution in [0.15, 0.2) is 0 Å². The van der Waals surface area contributed by atoms with Gasteiger partial charge in [-0.05, 0) is 26.2 Å². The molecule has 2 aliphatic heterocycles. The summed E-state index contributed by atoms with van der Waals surface area (Å²) in [5.74, 6) is -0.520. The van der Waals surface area contributed by atoms with Gasteiger partial charge in [0, 0.05) is 12.6 Å². The molecule has 0 N–H and O–H groups in total. The minimum Gasteiger partial charge on any atom is -0.339 e. The van der Waals surface area contributed by atoms with E-state index in [4.69, 9.17) is 0 Å². The lowest BCUT2D eigenvalue weighted by molar-refractivity contribution is -0.136. The van der Waals surface area contributed by atoms with Crippen LogP contribution in [0.4, 0.5) is 0 Å². The van der Waals surface area contributed by atoms with Crippen molar-refractivity contribution < 1.29 is 21.6 Å². The third-order valence-corrected chi connectivity index (χ3v) is 7.66. The standard InChI is InChI=1S/C12H21NO5S2/c1-2-13(11-5-7-20(17,18)9-11)12(14)10-4-3-6-19(15,16)8-10/h10-11H,2-9H2,1H3. The van der Waals surface area contributed by atoms with Crippen molar-refractivity contribution in [2.45, 2.75) is 32.2 Å². The summed E-state index contributed by atoms with van der Waals surface area (Å²) in [4.78, 5) is 14.0. The lowest BCUT2D eigenvalue weighted by Crippen LogP contribution is -2.46. The van der Waals surface area contributed by atoms with Crippen LogP contribution in [0.3, 0.4) is 0 Å². The number of carbonyl (C=O) groups excluding carboxylic acids is 1. The maximum atomic E-state index is 12.5. The highest BCUT2D eigenvalue weighted by molar-refractivity contribution is 7.91. The van der Waals surface area contributed by atoms with Crippen molar-refractivity contribution in [1.82, 2.24) is 4.90 Å². The topological polar surface area (TPSA) is 88.6 Å². The number of carbonyl (C=O) groups is 1. The summed E-state index contributed by atoms with van der Waals surface area (Å²) in [7, 11) is -6.18. The molecule has 0 aromatic carbocycles. The van der Waals surface area contributed by atoms with Gasteiger partial charge in [0.1, 0.15) is 0 Å². The predicted octanol–water partition coefficient (Wildman–Crippen LogP) is -0.153. The summed E-state index contributed by atoms with van der Waals surface area (Å²) >= 11 is 0. The van der Waals surface area contributed by atoms with Crippen LogP contribution in [0.5, 0.6) is 0 Å². The molecule has 2 fully saturated rings. The lowest BCUT2D eigenvalue weighted by Gasteiger charge is -2.32. The summed E-state index contributed by atoms with van der Waals surface area (Å²) < 4.78 is 46.3. The van der Waals surface area contributed by atoms with E-state index in [0.717, 1.165) is 0 Å². The monoisotopic (exact) mass is 323 g/mol. The zero-order valence-electron chi connectivity index (χ0n) is 11.6. The van der Waals surface area contributed by atoms with Gasteiger partial charge in [-0.3, -0.25) is 4.79 Å². The van der Waals surface area contributed by atoms with E-state index in [9.17, 15) is 21.6 Å². The lowest BCUT2D eigenvalue weighted by atomic mass is 10.0. The number of amides is 1. The Kier molecular flexibility index (Phi) is 4.44. The summed E-state index contributed by atoms with van der Waals surface area (Å²) in [5.41, 5.74) is 0. The van der Waals surface area contributed by atoms with Gasteiger partial charge in [0.2, 0.25) is 5.91 Å². The molecule has 2 aliphatic rings. The van der Waals surface area contributed by atoms with E-state index in [2.05, 4.69) is 0 Å². The van der Waals surface area contributed by atoms with Gasteiger partial charge < -0.3 is 4.90 Å². The fraction of sp³-hybridized carbons (Fsp3) is 0.917. The van der Waals surface area contributed by atoms with Gasteiger partial charge in [-0.1, -0.05) is 0 Å². The fourth-order valence-corrected chi connectivity index (χ4v) is 6.49. The van der Waals surface area contributed by atoms with Gasteiger partial charge in [0.05, 0.1) is 28.9 Å². The SMILES string of the molecule is CCN(C(=O)C1CCCS(=O)(=O)C1)C1CCS(=O)(=O)C1. The molecule has 0 aliphatic carbocycles. The predicted molar refractivity (Wildman–Crippen MR) is 75.8 cm³/mol. The van der Waals surface area contributed by atoms with Crippen LogP contribution in [0.2, 0.25) is 0 Å². The number of hydrogen-bond acceptors (Lipinski definition) is 5. The minimum absolute atomic E-state index is 0.00600. The van der Waals surface area contributed by atoms with E-state index >= 15 is 0 Å². The molecule has 2 unspecified atom stereocenters. The largest absolute Gasteiger partial charge is 0.339 e. The molecule has 1 amide bonds. The van der Waals surface area contributed by atoms with Crippen LogP contribution in [-0.4, -0.2) is 63.2 Å². The Morgan fingerprint density at radius 1 is 1.05 bits per heavy atom. The molecule has 8 heteroatoms. The van der Waals surface area contributed by atoms with Gasteiger partial charge in [-0.15, -0.1) is 0 Å². The molecule has 0 radical (unpaired) electrons. The van der Waals surface area contributed by atoms with Crippen LogP contribution in [-0.2, 0) is 24.5 Å². The normalized spacial score (nSPS) is 31.9. The zero-order valence-corrected chi connectivity index (χ0v) is 13.2. The maximum Gasteiger partial charge on any atom is 0.226 e. The summed E-state index contributed by atoms with van der Waals surface area (Å²) in [5, 5.41) is 0. The summed E-state index contributed by atoms with van der Waals surface area (Å²) in [6, 6.07) is -0.290. The first-order valence-electron chi connectivity index (χ1n) is 6.95. The first-order chi connectivity index (χ1) is 9.24. The van der Waals surface area contributed by atoms with Gasteiger partial charge in [-0.25, -0.2) is 16.8 Å². The van der Waals surface area contributed by atoms with E-state index < -0.39 is 25.6 Å². The molecule has 0 aromatic rings. The molecule has 2 rings (SSSR count). The average molecular weight is 323 g/mol. The molecule has 6 nitrogen and oxygen atoms in total. The van der Waals surface area contributed by atoms with E-state index in [1.807, 2.05) is 0 Å². The Bertz CT molecular complexity index is 581. The molecule has 0 spiro atoms. The Hall–Kier alpha value is -0.630. The van der Waals surface area contributed by atoms with Crippen molar-refractivity contribution in [2.24, 2.45) is 5.92 Å². The molecule has 0 saturated carbocycles. The molecule has 116 valence electrons. The number of rotatable bonds is 3. The first kappa shape index (κ1) is 15.8. The molecule has 0 bridgehead atoms. The van der Waals surface area contributed by atoms with Crippen molar-refractivity contribution >= 4 is 25.6 Å². The van der Waals surface area contributed by atoms with Gasteiger partial charge in [-0.2, -0.15) is 0 Å². The number of nitrogens with zero attached hydrogens (tertiary/aromatic N) is 1. The highest BCUT2D eigenvalue weighted by atomic mass is 32.2. The Labute approximate surface area is 120 Å². The van der Waals surface area contributed by atoms with Gasteiger partial charge >= 0.3 is 0 Å². The molecule has 2 atom stereocenters. The second kappa shape index (κ2) is 5.63. The van der Waals surface area contributed by atoms with Gasteiger partial charge in [0.15, 0.2) is 19.7 Å². The van der Waals surface area contributed by atoms with Crippen LogP contribution < -0.4 is 0 Å².